The summed E-state index contributed by atoms with van der Waals surface area (Å²) in [5, 5.41) is 3.48. The van der Waals surface area contributed by atoms with Crippen LogP contribution >= 0.6 is 0 Å². The van der Waals surface area contributed by atoms with E-state index >= 15 is 0 Å². The van der Waals surface area contributed by atoms with E-state index < -0.39 is 0 Å². The van der Waals surface area contributed by atoms with Gasteiger partial charge in [0.25, 0.3) is 5.91 Å². The zero-order valence-corrected chi connectivity index (χ0v) is 18.1. The van der Waals surface area contributed by atoms with Crippen LogP contribution in [0.2, 0.25) is 0 Å². The number of aryl methyl sites for hydroxylation is 1. The second-order valence-electron chi connectivity index (χ2n) is 9.69. The molecule has 154 valence electrons. The maximum absolute atomic E-state index is 13.6. The Morgan fingerprint density at radius 1 is 1.03 bits per heavy atom. The van der Waals surface area contributed by atoms with Crippen LogP contribution in [0.3, 0.4) is 0 Å². The molecule has 0 bridgehead atoms. The Labute approximate surface area is 174 Å². The lowest BCUT2D eigenvalue weighted by molar-refractivity contribution is -0.128. The number of dihydropyridines is 1. The van der Waals surface area contributed by atoms with E-state index in [9.17, 15) is 9.59 Å². The van der Waals surface area contributed by atoms with Gasteiger partial charge >= 0.3 is 0 Å². The normalized spacial score (nSPS) is 24.3. The average molecular weight is 393 g/mol. The molecule has 1 aliphatic carbocycles. The number of Topliss-reactive ketones (excluding diaryl/α,β-unsaturated/α-hetero) is 1. The summed E-state index contributed by atoms with van der Waals surface area (Å²) >= 11 is 0. The fourth-order valence-electron chi connectivity index (χ4n) is 5.08. The standard InChI is InChI=1S/C25H32N2O2/c1-16-8-10-18(11-9-16)22-21(24(29)27-12-6-5-7-13-27)17(2)26-19-14-25(3,4)15-20(28)23(19)22/h8-11,22,26H,5-7,12-15H2,1-4H3/t22-/m1/s1. The van der Waals surface area contributed by atoms with Crippen LogP contribution in [-0.2, 0) is 9.59 Å². The molecule has 0 saturated carbocycles. The zero-order valence-electron chi connectivity index (χ0n) is 18.1. The molecular weight excluding hydrogens is 360 g/mol. The SMILES string of the molecule is CC1=C(C(=O)N2CCCCC2)[C@@H](c2ccc(C)cc2)C2=C(CC(C)(C)CC2=O)N1. The first-order chi connectivity index (χ1) is 13.8. The van der Waals surface area contributed by atoms with Gasteiger partial charge in [0.2, 0.25) is 0 Å². The van der Waals surface area contributed by atoms with Crippen molar-refractivity contribution in [1.82, 2.24) is 10.2 Å². The number of nitrogens with one attached hydrogen (secondary N) is 1. The quantitative estimate of drug-likeness (QED) is 0.799. The van der Waals surface area contributed by atoms with Crippen LogP contribution in [0, 0.1) is 12.3 Å². The van der Waals surface area contributed by atoms with Crippen molar-refractivity contribution in [2.24, 2.45) is 5.41 Å². The molecule has 0 aromatic heterocycles. The minimum absolute atomic E-state index is 0.0601. The molecule has 1 atom stereocenters. The summed E-state index contributed by atoms with van der Waals surface area (Å²) in [6, 6.07) is 8.32. The molecule has 4 nitrogen and oxygen atoms in total. The topological polar surface area (TPSA) is 49.4 Å². The average Bonchev–Trinajstić information content (AvgIpc) is 2.67. The van der Waals surface area contributed by atoms with Crippen molar-refractivity contribution in [2.45, 2.75) is 65.7 Å². The van der Waals surface area contributed by atoms with E-state index in [-0.39, 0.29) is 23.0 Å². The molecule has 1 saturated heterocycles. The Kier molecular flexibility index (Phi) is 5.14. The lowest BCUT2D eigenvalue weighted by Crippen LogP contribution is -2.43. The summed E-state index contributed by atoms with van der Waals surface area (Å²) in [6.07, 6.45) is 4.66. The minimum Gasteiger partial charge on any atom is -0.362 e. The Morgan fingerprint density at radius 3 is 2.34 bits per heavy atom. The van der Waals surface area contributed by atoms with Gasteiger partial charge in [-0.05, 0) is 50.5 Å². The predicted molar refractivity (Wildman–Crippen MR) is 115 cm³/mol. The highest BCUT2D eigenvalue weighted by Crippen LogP contribution is 2.47. The number of rotatable bonds is 2. The van der Waals surface area contributed by atoms with Gasteiger partial charge in [-0.25, -0.2) is 0 Å². The maximum atomic E-state index is 13.6. The van der Waals surface area contributed by atoms with Crippen LogP contribution in [0.15, 0.2) is 46.8 Å². The molecule has 4 heteroatoms. The number of benzene rings is 1. The lowest BCUT2D eigenvalue weighted by Gasteiger charge is -2.41. The molecule has 29 heavy (non-hydrogen) atoms. The van der Waals surface area contributed by atoms with E-state index in [0.29, 0.717) is 6.42 Å². The highest BCUT2D eigenvalue weighted by molar-refractivity contribution is 6.05. The number of hydrogen-bond acceptors (Lipinski definition) is 3. The molecule has 4 rings (SSSR count). The maximum Gasteiger partial charge on any atom is 0.252 e. The van der Waals surface area contributed by atoms with Crippen molar-refractivity contribution >= 4 is 11.7 Å². The van der Waals surface area contributed by atoms with E-state index in [2.05, 4.69) is 50.4 Å². The molecule has 2 aliphatic heterocycles. The largest absolute Gasteiger partial charge is 0.362 e. The molecule has 1 amide bonds. The Morgan fingerprint density at radius 2 is 1.69 bits per heavy atom. The number of piperidine rings is 1. The summed E-state index contributed by atoms with van der Waals surface area (Å²) in [7, 11) is 0. The lowest BCUT2D eigenvalue weighted by atomic mass is 9.68. The van der Waals surface area contributed by atoms with Gasteiger partial charge < -0.3 is 10.2 Å². The van der Waals surface area contributed by atoms with Crippen molar-refractivity contribution in [2.75, 3.05) is 13.1 Å². The van der Waals surface area contributed by atoms with Crippen molar-refractivity contribution in [1.29, 1.82) is 0 Å². The van der Waals surface area contributed by atoms with Crippen LogP contribution in [0.1, 0.15) is 69.9 Å². The van der Waals surface area contributed by atoms with E-state index in [1.54, 1.807) is 0 Å². The van der Waals surface area contributed by atoms with Gasteiger partial charge in [-0.3, -0.25) is 9.59 Å². The molecule has 3 aliphatic rings. The first kappa shape index (κ1) is 19.9. The summed E-state index contributed by atoms with van der Waals surface area (Å²) in [4.78, 5) is 28.9. The van der Waals surface area contributed by atoms with E-state index in [4.69, 9.17) is 0 Å². The number of ketones is 1. The van der Waals surface area contributed by atoms with Gasteiger partial charge in [0, 0.05) is 48.0 Å². The fraction of sp³-hybridized carbons (Fsp3) is 0.520. The van der Waals surface area contributed by atoms with Gasteiger partial charge in [-0.15, -0.1) is 0 Å². The fourth-order valence-corrected chi connectivity index (χ4v) is 5.08. The number of allylic oxidation sites excluding steroid dienone is 3. The first-order valence-corrected chi connectivity index (χ1v) is 10.9. The zero-order chi connectivity index (χ0) is 20.8. The third kappa shape index (κ3) is 3.77. The molecule has 1 N–H and O–H groups in total. The van der Waals surface area contributed by atoms with Crippen LogP contribution in [0.5, 0.6) is 0 Å². The summed E-state index contributed by atoms with van der Waals surface area (Å²) in [5.74, 6) is -0.0138. The summed E-state index contributed by atoms with van der Waals surface area (Å²) in [5.41, 5.74) is 5.62. The highest BCUT2D eigenvalue weighted by Gasteiger charge is 2.43. The number of nitrogens with zero attached hydrogens (tertiary/aromatic N) is 1. The van der Waals surface area contributed by atoms with Crippen LogP contribution < -0.4 is 5.32 Å². The first-order valence-electron chi connectivity index (χ1n) is 10.9. The van der Waals surface area contributed by atoms with Crippen molar-refractivity contribution < 1.29 is 9.59 Å². The molecule has 0 radical (unpaired) electrons. The second kappa shape index (κ2) is 7.47. The van der Waals surface area contributed by atoms with Crippen molar-refractivity contribution in [3.8, 4) is 0 Å². The molecule has 0 spiro atoms. The van der Waals surface area contributed by atoms with Gasteiger partial charge in [0.15, 0.2) is 5.78 Å². The smallest absolute Gasteiger partial charge is 0.252 e. The number of amides is 1. The van der Waals surface area contributed by atoms with Crippen molar-refractivity contribution in [3.05, 3.63) is 57.9 Å². The van der Waals surface area contributed by atoms with Gasteiger partial charge in [0.05, 0.1) is 0 Å². The van der Waals surface area contributed by atoms with Gasteiger partial charge in [-0.2, -0.15) is 0 Å². The number of likely N-dealkylation sites (tertiary alicyclic amines) is 1. The van der Waals surface area contributed by atoms with E-state index in [0.717, 1.165) is 60.5 Å². The highest BCUT2D eigenvalue weighted by atomic mass is 16.2. The molecule has 1 aromatic carbocycles. The van der Waals surface area contributed by atoms with E-state index in [1.807, 2.05) is 11.8 Å². The van der Waals surface area contributed by atoms with E-state index in [1.165, 1.54) is 12.0 Å². The van der Waals surface area contributed by atoms with Gasteiger partial charge in [0.1, 0.15) is 0 Å². The summed E-state index contributed by atoms with van der Waals surface area (Å²) < 4.78 is 0. The van der Waals surface area contributed by atoms with Crippen LogP contribution in [-0.4, -0.2) is 29.7 Å². The Bertz CT molecular complexity index is 899. The van der Waals surface area contributed by atoms with Crippen molar-refractivity contribution in [3.63, 3.8) is 0 Å². The molecule has 1 fully saturated rings. The van der Waals surface area contributed by atoms with Gasteiger partial charge in [-0.1, -0.05) is 43.7 Å². The Hall–Kier alpha value is -2.36. The number of carbonyl (C=O) groups is 2. The third-order valence-corrected chi connectivity index (χ3v) is 6.52. The monoisotopic (exact) mass is 392 g/mol. The molecule has 1 aromatic rings. The summed E-state index contributed by atoms with van der Waals surface area (Å²) in [6.45, 7) is 9.96. The van der Waals surface area contributed by atoms with Crippen LogP contribution in [0.25, 0.3) is 0 Å². The molecule has 0 unspecified atom stereocenters. The number of hydrogen-bond donors (Lipinski definition) is 1. The minimum atomic E-state index is -0.273. The molecule has 2 heterocycles. The third-order valence-electron chi connectivity index (χ3n) is 6.52. The Balaban J connectivity index is 1.82. The second-order valence-corrected chi connectivity index (χ2v) is 9.69. The molecular formula is C25H32N2O2. The van der Waals surface area contributed by atoms with Crippen LogP contribution in [0.4, 0.5) is 0 Å². The number of carbonyl (C=O) groups excluding carboxylic acids is 2. The predicted octanol–water partition coefficient (Wildman–Crippen LogP) is 4.61.